The van der Waals surface area contributed by atoms with Crippen molar-refractivity contribution in [3.63, 3.8) is 0 Å². The van der Waals surface area contributed by atoms with Crippen molar-refractivity contribution in [2.75, 3.05) is 13.2 Å². The van der Waals surface area contributed by atoms with Gasteiger partial charge in [-0.1, -0.05) is 18.5 Å². The molecule has 0 bridgehead atoms. The van der Waals surface area contributed by atoms with E-state index in [0.29, 0.717) is 38.2 Å². The van der Waals surface area contributed by atoms with Crippen molar-refractivity contribution in [2.45, 2.75) is 45.7 Å². The van der Waals surface area contributed by atoms with Crippen molar-refractivity contribution in [3.8, 4) is 11.4 Å². The summed E-state index contributed by atoms with van der Waals surface area (Å²) in [7, 11) is 0. The number of Topliss-reactive ketones (excluding diaryl/α,β-unsaturated/α-hetero) is 1. The lowest BCUT2D eigenvalue weighted by atomic mass is 10.0. The lowest BCUT2D eigenvalue weighted by Crippen LogP contribution is -2.36. The third-order valence-electron chi connectivity index (χ3n) is 4.66. The Morgan fingerprint density at radius 2 is 2.28 bits per heavy atom. The van der Waals surface area contributed by atoms with Gasteiger partial charge in [0.2, 0.25) is 0 Å². The molecule has 8 nitrogen and oxygen atoms in total. The molecule has 0 saturated carbocycles. The fraction of sp³-hybridized carbons (Fsp3) is 0.529. The number of unbranched alkanes of at least 4 members (excludes halogenated alkanes) is 1. The van der Waals surface area contributed by atoms with E-state index in [2.05, 4.69) is 17.2 Å². The van der Waals surface area contributed by atoms with E-state index in [-0.39, 0.29) is 18.4 Å². The minimum absolute atomic E-state index is 0.0684. The fourth-order valence-corrected chi connectivity index (χ4v) is 3.37. The van der Waals surface area contributed by atoms with Crippen LogP contribution in [-0.2, 0) is 35.5 Å². The second-order valence-electron chi connectivity index (χ2n) is 6.47. The summed E-state index contributed by atoms with van der Waals surface area (Å²) in [6.45, 7) is 3.69. The number of hydrogen-bond acceptors (Lipinski definition) is 6. The predicted molar refractivity (Wildman–Crippen MR) is 86.8 cm³/mol. The fourth-order valence-electron chi connectivity index (χ4n) is 3.37. The highest BCUT2D eigenvalue weighted by Gasteiger charge is 2.33. The highest BCUT2D eigenvalue weighted by molar-refractivity contribution is 5.85. The first kappa shape index (κ1) is 15.9. The molecular weight excluding hydrogens is 324 g/mol. The second-order valence-corrected chi connectivity index (χ2v) is 6.47. The molecule has 8 heteroatoms. The number of rotatable bonds is 3. The molecule has 2 aromatic heterocycles. The number of amides is 1. The van der Waals surface area contributed by atoms with E-state index in [1.165, 1.54) is 6.26 Å². The molecule has 4 rings (SSSR count). The Balaban J connectivity index is 1.64. The van der Waals surface area contributed by atoms with Gasteiger partial charge in [-0.15, -0.1) is 0 Å². The molecule has 0 aromatic carbocycles. The first-order valence-electron chi connectivity index (χ1n) is 8.63. The Morgan fingerprint density at radius 1 is 1.40 bits per heavy atom. The van der Waals surface area contributed by atoms with Crippen molar-refractivity contribution >= 4 is 11.9 Å². The number of fused-ring (bicyclic) bond motifs is 5. The zero-order valence-corrected chi connectivity index (χ0v) is 14.2. The molecule has 0 radical (unpaired) electrons. The molecule has 2 aromatic rings. The summed E-state index contributed by atoms with van der Waals surface area (Å²) >= 11 is 0. The van der Waals surface area contributed by atoms with Gasteiger partial charge >= 0.3 is 6.09 Å². The summed E-state index contributed by atoms with van der Waals surface area (Å²) in [6.07, 6.45) is 3.99. The van der Waals surface area contributed by atoms with Crippen LogP contribution < -0.4 is 0 Å². The molecule has 2 aliphatic rings. The molecule has 0 unspecified atom stereocenters. The average molecular weight is 344 g/mol. The van der Waals surface area contributed by atoms with Gasteiger partial charge in [0.15, 0.2) is 5.78 Å². The minimum Gasteiger partial charge on any atom is -0.449 e. The molecule has 4 heterocycles. The molecule has 0 fully saturated rings. The van der Waals surface area contributed by atoms with Crippen LogP contribution in [0.5, 0.6) is 0 Å². The van der Waals surface area contributed by atoms with Crippen molar-refractivity contribution in [1.82, 2.24) is 19.8 Å². The maximum Gasteiger partial charge on any atom is 0.410 e. The van der Waals surface area contributed by atoms with E-state index < -0.39 is 0 Å². The number of carbonyl (C=O) groups excluding carboxylic acids is 2. The lowest BCUT2D eigenvalue weighted by molar-refractivity contribution is -0.119. The van der Waals surface area contributed by atoms with Gasteiger partial charge in [0.05, 0.1) is 24.5 Å². The molecule has 0 atom stereocenters. The van der Waals surface area contributed by atoms with E-state index in [1.54, 1.807) is 9.58 Å². The molecule has 0 spiro atoms. The zero-order chi connectivity index (χ0) is 17.4. The van der Waals surface area contributed by atoms with Crippen molar-refractivity contribution in [1.29, 1.82) is 0 Å². The largest absolute Gasteiger partial charge is 0.449 e. The Kier molecular flexibility index (Phi) is 4.03. The number of aromatic nitrogens is 3. The van der Waals surface area contributed by atoms with Crippen LogP contribution >= 0.6 is 0 Å². The van der Waals surface area contributed by atoms with Gasteiger partial charge in [-0.3, -0.25) is 9.48 Å². The first-order chi connectivity index (χ1) is 12.2. The molecule has 0 saturated heterocycles. The summed E-state index contributed by atoms with van der Waals surface area (Å²) in [6, 6.07) is 0. The second kappa shape index (κ2) is 6.34. The van der Waals surface area contributed by atoms with Crippen molar-refractivity contribution in [2.24, 2.45) is 0 Å². The molecule has 1 amide bonds. The maximum absolute atomic E-state index is 12.3. The van der Waals surface area contributed by atoms with Crippen molar-refractivity contribution < 1.29 is 18.8 Å². The van der Waals surface area contributed by atoms with Crippen LogP contribution in [0.1, 0.15) is 36.6 Å². The average Bonchev–Trinajstić information content (AvgIpc) is 3.14. The Hall–Kier alpha value is -2.64. The minimum atomic E-state index is -0.302. The topological polar surface area (TPSA) is 90.5 Å². The van der Waals surface area contributed by atoms with Crippen LogP contribution in [0.3, 0.4) is 0 Å². The quantitative estimate of drug-likeness (QED) is 0.791. The highest BCUT2D eigenvalue weighted by atomic mass is 16.6. The molecule has 132 valence electrons. The van der Waals surface area contributed by atoms with Crippen LogP contribution in [0.4, 0.5) is 4.79 Å². The SMILES string of the molecule is CCCCOC(=O)N1CCc2nn3c(c2C1)-c1nocc1CC(=O)C3. The van der Waals surface area contributed by atoms with Gasteiger partial charge in [0.25, 0.3) is 0 Å². The normalized spacial score (nSPS) is 16.0. The Bertz CT molecular complexity index is 823. The van der Waals surface area contributed by atoms with Crippen molar-refractivity contribution in [3.05, 3.63) is 23.1 Å². The number of carbonyl (C=O) groups is 2. The van der Waals surface area contributed by atoms with Gasteiger partial charge in [-0.25, -0.2) is 4.79 Å². The molecular formula is C17H20N4O4. The molecule has 0 N–H and O–H groups in total. The van der Waals surface area contributed by atoms with E-state index in [4.69, 9.17) is 9.26 Å². The Labute approximate surface area is 144 Å². The van der Waals surface area contributed by atoms with Crippen LogP contribution in [-0.4, -0.2) is 44.9 Å². The van der Waals surface area contributed by atoms with E-state index >= 15 is 0 Å². The van der Waals surface area contributed by atoms with Gasteiger partial charge in [-0.2, -0.15) is 5.10 Å². The number of ketones is 1. The maximum atomic E-state index is 12.3. The standard InChI is InChI=1S/C17H20N4O4/c1-2-3-6-24-17(23)20-5-4-14-13(9-20)16-15-11(10-25-19-15)7-12(22)8-21(16)18-14/h10H,2-9H2,1H3. The van der Waals surface area contributed by atoms with E-state index in [1.807, 2.05) is 0 Å². The summed E-state index contributed by atoms with van der Waals surface area (Å²) in [5, 5.41) is 8.67. The zero-order valence-electron chi connectivity index (χ0n) is 14.2. The van der Waals surface area contributed by atoms with Crippen LogP contribution in [0.15, 0.2) is 10.8 Å². The van der Waals surface area contributed by atoms with Crippen LogP contribution in [0.25, 0.3) is 11.4 Å². The monoisotopic (exact) mass is 344 g/mol. The first-order valence-corrected chi connectivity index (χ1v) is 8.63. The van der Waals surface area contributed by atoms with E-state index in [0.717, 1.165) is 35.4 Å². The van der Waals surface area contributed by atoms with Gasteiger partial charge < -0.3 is 14.2 Å². The summed E-state index contributed by atoms with van der Waals surface area (Å²) in [5.41, 5.74) is 4.06. The summed E-state index contributed by atoms with van der Waals surface area (Å²) < 4.78 is 12.1. The van der Waals surface area contributed by atoms with Gasteiger partial charge in [0.1, 0.15) is 18.5 Å². The van der Waals surface area contributed by atoms with E-state index in [9.17, 15) is 9.59 Å². The highest BCUT2D eigenvalue weighted by Crippen LogP contribution is 2.34. The Morgan fingerprint density at radius 3 is 3.12 bits per heavy atom. The van der Waals surface area contributed by atoms with Gasteiger partial charge in [0, 0.05) is 30.5 Å². The number of hydrogen-bond donors (Lipinski definition) is 0. The van der Waals surface area contributed by atoms with Gasteiger partial charge in [-0.05, 0) is 6.42 Å². The number of nitrogens with zero attached hydrogens (tertiary/aromatic N) is 4. The van der Waals surface area contributed by atoms with Crippen LogP contribution in [0, 0.1) is 0 Å². The molecule has 25 heavy (non-hydrogen) atoms. The summed E-state index contributed by atoms with van der Waals surface area (Å²) in [4.78, 5) is 26.1. The third kappa shape index (κ3) is 2.81. The predicted octanol–water partition coefficient (Wildman–Crippen LogP) is 1.96. The smallest absolute Gasteiger partial charge is 0.410 e. The number of ether oxygens (including phenoxy) is 1. The molecule has 2 aliphatic heterocycles. The summed E-state index contributed by atoms with van der Waals surface area (Å²) in [5.74, 6) is 0.0684. The molecule has 0 aliphatic carbocycles. The third-order valence-corrected chi connectivity index (χ3v) is 4.66. The van der Waals surface area contributed by atoms with Crippen LogP contribution in [0.2, 0.25) is 0 Å². The lowest BCUT2D eigenvalue weighted by Gasteiger charge is -2.26.